The molecule has 2 N–H and O–H groups in total. The average molecular weight is 422 g/mol. The van der Waals surface area contributed by atoms with Gasteiger partial charge in [0.1, 0.15) is 11.6 Å². The molecule has 0 radical (unpaired) electrons. The summed E-state index contributed by atoms with van der Waals surface area (Å²) in [5.41, 5.74) is 0.281. The van der Waals surface area contributed by atoms with E-state index in [1.807, 2.05) is 0 Å². The summed E-state index contributed by atoms with van der Waals surface area (Å²) in [4.78, 5) is 22.4. The minimum Gasteiger partial charge on any atom is -0.360 e. The lowest BCUT2D eigenvalue weighted by Crippen LogP contribution is -2.15. The van der Waals surface area contributed by atoms with E-state index in [1.54, 1.807) is 30.3 Å². The molecular weight excluding hydrogens is 412 g/mol. The van der Waals surface area contributed by atoms with Crippen molar-refractivity contribution >= 4 is 50.5 Å². The molecule has 0 saturated heterocycles. The molecule has 0 saturated carbocycles. The molecule has 2 rings (SSSR count). The van der Waals surface area contributed by atoms with E-state index in [2.05, 4.69) is 26.6 Å². The van der Waals surface area contributed by atoms with Crippen molar-refractivity contribution in [1.82, 2.24) is 0 Å². The number of non-ortho nitro benzene ring substituents is 1. The van der Waals surface area contributed by atoms with Crippen molar-refractivity contribution in [3.63, 3.8) is 0 Å². The van der Waals surface area contributed by atoms with E-state index in [-0.39, 0.29) is 22.0 Å². The van der Waals surface area contributed by atoms with E-state index >= 15 is 0 Å². The first-order valence-corrected chi connectivity index (χ1v) is 7.95. The third-order valence-corrected chi connectivity index (χ3v) is 3.86. The third kappa shape index (κ3) is 5.04. The number of nitrogens with zero attached hydrogens (tertiary/aromatic N) is 2. The molecule has 2 aromatic rings. The number of hydrogen-bond acceptors (Lipinski definition) is 5. The van der Waals surface area contributed by atoms with Gasteiger partial charge in [-0.05, 0) is 30.3 Å². The Morgan fingerprint density at radius 3 is 2.56 bits per heavy atom. The van der Waals surface area contributed by atoms with Gasteiger partial charge in [0.2, 0.25) is 0 Å². The van der Waals surface area contributed by atoms with Crippen molar-refractivity contribution in [2.45, 2.75) is 0 Å². The summed E-state index contributed by atoms with van der Waals surface area (Å²) >= 11 is 9.22. The lowest BCUT2D eigenvalue weighted by atomic mass is 10.2. The number of carbonyl (C=O) groups is 1. The Labute approximate surface area is 156 Å². The Bertz CT molecular complexity index is 891. The van der Waals surface area contributed by atoms with E-state index in [9.17, 15) is 14.9 Å². The maximum atomic E-state index is 12.2. The van der Waals surface area contributed by atoms with Gasteiger partial charge < -0.3 is 10.6 Å². The van der Waals surface area contributed by atoms with Gasteiger partial charge >= 0.3 is 0 Å². The molecular formula is C16H10BrClN4O3. The highest BCUT2D eigenvalue weighted by Crippen LogP contribution is 2.27. The number of amides is 1. The van der Waals surface area contributed by atoms with Crippen LogP contribution < -0.4 is 10.6 Å². The molecule has 9 heteroatoms. The van der Waals surface area contributed by atoms with Gasteiger partial charge in [-0.25, -0.2) is 0 Å². The fraction of sp³-hybridized carbons (Fsp3) is 0. The van der Waals surface area contributed by atoms with Crippen LogP contribution in [0.4, 0.5) is 17.1 Å². The Morgan fingerprint density at radius 2 is 1.96 bits per heavy atom. The molecule has 0 fully saturated rings. The van der Waals surface area contributed by atoms with Crippen molar-refractivity contribution in [2.75, 3.05) is 10.6 Å². The van der Waals surface area contributed by atoms with Gasteiger partial charge in [0.05, 0.1) is 15.6 Å². The highest BCUT2D eigenvalue weighted by Gasteiger charge is 2.14. The molecule has 0 unspecified atom stereocenters. The quantitative estimate of drug-likeness (QED) is 0.320. The number of nitriles is 1. The minimum absolute atomic E-state index is 0.0469. The zero-order valence-electron chi connectivity index (χ0n) is 12.5. The molecule has 25 heavy (non-hydrogen) atoms. The number of rotatable bonds is 5. The van der Waals surface area contributed by atoms with Gasteiger partial charge in [-0.3, -0.25) is 14.9 Å². The smallest absolute Gasteiger partial charge is 0.271 e. The molecule has 0 heterocycles. The van der Waals surface area contributed by atoms with Gasteiger partial charge in [0.15, 0.2) is 0 Å². The number of nitrogens with one attached hydrogen (secondary N) is 2. The maximum Gasteiger partial charge on any atom is 0.271 e. The normalized spacial score (nSPS) is 10.7. The standard InChI is InChI=1S/C16H10BrClN4O3/c17-11-1-3-12(4-2-11)20-9-10(8-19)16(23)21-15-7-13(22(24)25)5-6-14(15)18/h1-7,9,20H,(H,21,23)/b10-9-. The molecule has 0 bridgehead atoms. The predicted octanol–water partition coefficient (Wildman–Crippen LogP) is 4.47. The van der Waals surface area contributed by atoms with Crippen LogP contribution in [0.15, 0.2) is 58.7 Å². The fourth-order valence-corrected chi connectivity index (χ4v) is 2.19. The van der Waals surface area contributed by atoms with Gasteiger partial charge in [0, 0.05) is 28.5 Å². The van der Waals surface area contributed by atoms with Crippen LogP contribution in [0.5, 0.6) is 0 Å². The number of nitro benzene ring substituents is 1. The Hall–Kier alpha value is -2.89. The molecule has 0 aliphatic rings. The van der Waals surface area contributed by atoms with E-state index in [1.165, 1.54) is 18.3 Å². The summed E-state index contributed by atoms with van der Waals surface area (Å²) < 4.78 is 0.889. The van der Waals surface area contributed by atoms with Crippen LogP contribution in [0.1, 0.15) is 0 Å². The molecule has 0 aromatic heterocycles. The molecule has 0 aliphatic heterocycles. The van der Waals surface area contributed by atoms with Crippen molar-refractivity contribution in [3.05, 3.63) is 73.8 Å². The topological polar surface area (TPSA) is 108 Å². The first-order chi connectivity index (χ1) is 11.9. The van der Waals surface area contributed by atoms with Crippen molar-refractivity contribution in [2.24, 2.45) is 0 Å². The summed E-state index contributed by atoms with van der Waals surface area (Å²) in [6, 6.07) is 12.5. The zero-order valence-corrected chi connectivity index (χ0v) is 14.8. The second-order valence-corrected chi connectivity index (χ2v) is 6.02. The number of halogens is 2. The van der Waals surface area contributed by atoms with Crippen LogP contribution in [0.3, 0.4) is 0 Å². The number of anilines is 2. The van der Waals surface area contributed by atoms with Crippen LogP contribution in [-0.4, -0.2) is 10.8 Å². The summed E-state index contributed by atoms with van der Waals surface area (Å²) in [5.74, 6) is -0.741. The summed E-state index contributed by atoms with van der Waals surface area (Å²) in [5, 5.41) is 25.3. The van der Waals surface area contributed by atoms with Crippen LogP contribution in [0.25, 0.3) is 0 Å². The highest BCUT2D eigenvalue weighted by molar-refractivity contribution is 9.10. The molecule has 2 aromatic carbocycles. The molecule has 126 valence electrons. The van der Waals surface area contributed by atoms with Gasteiger partial charge in [-0.1, -0.05) is 27.5 Å². The average Bonchev–Trinajstić information content (AvgIpc) is 2.58. The molecule has 0 atom stereocenters. The lowest BCUT2D eigenvalue weighted by molar-refractivity contribution is -0.384. The first-order valence-electron chi connectivity index (χ1n) is 6.78. The van der Waals surface area contributed by atoms with Crippen molar-refractivity contribution < 1.29 is 9.72 Å². The molecule has 0 aliphatic carbocycles. The fourth-order valence-electron chi connectivity index (χ4n) is 1.76. The van der Waals surface area contributed by atoms with Crippen molar-refractivity contribution in [3.8, 4) is 6.07 Å². The SMILES string of the molecule is N#C/C(=C/Nc1ccc(Br)cc1)C(=O)Nc1cc([N+](=O)[O-])ccc1Cl. The highest BCUT2D eigenvalue weighted by atomic mass is 79.9. The summed E-state index contributed by atoms with van der Waals surface area (Å²) in [6.45, 7) is 0. The van der Waals surface area contributed by atoms with Crippen LogP contribution >= 0.6 is 27.5 Å². The zero-order chi connectivity index (χ0) is 18.4. The van der Waals surface area contributed by atoms with Gasteiger partial charge in [0.25, 0.3) is 11.6 Å². The van der Waals surface area contributed by atoms with E-state index in [0.717, 1.165) is 10.5 Å². The van der Waals surface area contributed by atoms with Crippen LogP contribution in [0.2, 0.25) is 5.02 Å². The number of benzene rings is 2. The number of carbonyl (C=O) groups excluding carboxylic acids is 1. The summed E-state index contributed by atoms with van der Waals surface area (Å²) in [6.07, 6.45) is 1.24. The van der Waals surface area contributed by atoms with Crippen LogP contribution in [-0.2, 0) is 4.79 Å². The van der Waals surface area contributed by atoms with E-state index in [4.69, 9.17) is 16.9 Å². The van der Waals surface area contributed by atoms with Crippen molar-refractivity contribution in [1.29, 1.82) is 5.26 Å². The van der Waals surface area contributed by atoms with E-state index < -0.39 is 10.8 Å². The Balaban J connectivity index is 2.16. The number of nitro groups is 1. The maximum absolute atomic E-state index is 12.2. The molecule has 0 spiro atoms. The Morgan fingerprint density at radius 1 is 1.28 bits per heavy atom. The molecule has 1 amide bonds. The predicted molar refractivity (Wildman–Crippen MR) is 98.2 cm³/mol. The van der Waals surface area contributed by atoms with Gasteiger partial charge in [-0.2, -0.15) is 5.26 Å². The lowest BCUT2D eigenvalue weighted by Gasteiger charge is -2.07. The monoisotopic (exact) mass is 420 g/mol. The van der Waals surface area contributed by atoms with Crippen LogP contribution in [0, 0.1) is 21.4 Å². The van der Waals surface area contributed by atoms with E-state index in [0.29, 0.717) is 5.69 Å². The third-order valence-electron chi connectivity index (χ3n) is 3.00. The first kappa shape index (κ1) is 18.4. The second-order valence-electron chi connectivity index (χ2n) is 4.70. The van der Waals surface area contributed by atoms with Gasteiger partial charge in [-0.15, -0.1) is 0 Å². The second kappa shape index (κ2) is 8.28. The largest absolute Gasteiger partial charge is 0.360 e. The summed E-state index contributed by atoms with van der Waals surface area (Å²) in [7, 11) is 0. The Kier molecular flexibility index (Phi) is 6.11. The minimum atomic E-state index is -0.741. The number of hydrogen-bond donors (Lipinski definition) is 2. The molecule has 7 nitrogen and oxygen atoms in total.